The molecule has 0 saturated heterocycles. The fraction of sp³-hybridized carbons (Fsp3) is 0.222. The van der Waals surface area contributed by atoms with E-state index in [2.05, 4.69) is 22.6 Å². The maximum absolute atomic E-state index is 12.8. The second-order valence-electron chi connectivity index (χ2n) is 5.20. The molecule has 0 radical (unpaired) electrons. The second kappa shape index (κ2) is 9.29. The number of benzene rings is 2. The molecule has 0 aliphatic heterocycles. The van der Waals surface area contributed by atoms with Crippen LogP contribution in [-0.4, -0.2) is 24.9 Å². The van der Waals surface area contributed by atoms with Crippen molar-refractivity contribution in [3.8, 4) is 0 Å². The molecule has 6 heteroatoms. The molecule has 126 valence electrons. The molecule has 0 aromatic heterocycles. The first-order valence-corrected chi connectivity index (χ1v) is 7.67. The number of halogens is 1. The van der Waals surface area contributed by atoms with Crippen LogP contribution >= 0.6 is 0 Å². The predicted octanol–water partition coefficient (Wildman–Crippen LogP) is 2.21. The van der Waals surface area contributed by atoms with Crippen LogP contribution < -0.4 is 11.1 Å². The molecule has 2 aromatic rings. The van der Waals surface area contributed by atoms with Crippen LogP contribution in [-0.2, 0) is 16.1 Å². The minimum Gasteiger partial charge on any atom is -0.384 e. The van der Waals surface area contributed by atoms with Crippen molar-refractivity contribution in [3.63, 3.8) is 0 Å². The number of carbonyl (C=O) groups excluding carboxylic acids is 1. The fourth-order valence-electron chi connectivity index (χ4n) is 2.05. The van der Waals surface area contributed by atoms with E-state index >= 15 is 0 Å². The van der Waals surface area contributed by atoms with E-state index in [4.69, 9.17) is 10.6 Å². The third-order valence-corrected chi connectivity index (χ3v) is 3.31. The van der Waals surface area contributed by atoms with Gasteiger partial charge in [0.25, 0.3) is 5.91 Å². The molecule has 1 amide bonds. The normalized spacial score (nSPS) is 11.1. The van der Waals surface area contributed by atoms with Gasteiger partial charge in [-0.3, -0.25) is 4.79 Å². The van der Waals surface area contributed by atoms with Gasteiger partial charge in [-0.25, -0.2) is 4.39 Å². The van der Waals surface area contributed by atoms with Crippen molar-refractivity contribution in [2.24, 2.45) is 10.9 Å². The van der Waals surface area contributed by atoms with E-state index in [9.17, 15) is 9.18 Å². The van der Waals surface area contributed by atoms with E-state index in [-0.39, 0.29) is 24.2 Å². The number of aryl methyl sites for hydroxylation is 1. The Labute approximate surface area is 140 Å². The number of amidine groups is 1. The summed E-state index contributed by atoms with van der Waals surface area (Å²) in [5.74, 6) is -0.534. The summed E-state index contributed by atoms with van der Waals surface area (Å²) in [5.41, 5.74) is 7.45. The number of oxime groups is 1. The summed E-state index contributed by atoms with van der Waals surface area (Å²) >= 11 is 0. The van der Waals surface area contributed by atoms with Crippen molar-refractivity contribution in [1.29, 1.82) is 0 Å². The smallest absolute Gasteiger partial charge is 0.260 e. The highest BCUT2D eigenvalue weighted by atomic mass is 19.1. The highest BCUT2D eigenvalue weighted by Crippen LogP contribution is 2.03. The van der Waals surface area contributed by atoms with Gasteiger partial charge in [-0.2, -0.15) is 0 Å². The minimum atomic E-state index is -0.359. The Hall–Kier alpha value is -2.89. The average Bonchev–Trinajstić information content (AvgIpc) is 2.60. The van der Waals surface area contributed by atoms with E-state index in [1.54, 1.807) is 0 Å². The molecule has 24 heavy (non-hydrogen) atoms. The lowest BCUT2D eigenvalue weighted by Crippen LogP contribution is -2.28. The molecule has 3 N–H and O–H groups in total. The second-order valence-corrected chi connectivity index (χ2v) is 5.20. The molecule has 5 nitrogen and oxygen atoms in total. The lowest BCUT2D eigenvalue weighted by Gasteiger charge is -2.05. The van der Waals surface area contributed by atoms with Crippen LogP contribution in [0, 0.1) is 5.82 Å². The summed E-state index contributed by atoms with van der Waals surface area (Å²) in [5, 5.41) is 6.40. The maximum atomic E-state index is 12.8. The predicted molar refractivity (Wildman–Crippen MR) is 90.8 cm³/mol. The number of hydrogen-bond donors (Lipinski definition) is 2. The molecule has 0 aliphatic carbocycles. The number of nitrogens with zero attached hydrogens (tertiary/aromatic N) is 1. The van der Waals surface area contributed by atoms with Gasteiger partial charge in [-0.1, -0.05) is 35.5 Å². The first-order valence-electron chi connectivity index (χ1n) is 7.67. The average molecular weight is 329 g/mol. The Morgan fingerprint density at radius 2 is 1.83 bits per heavy atom. The van der Waals surface area contributed by atoms with Gasteiger partial charge in [-0.15, -0.1) is 0 Å². The van der Waals surface area contributed by atoms with Gasteiger partial charge in [-0.05, 0) is 42.7 Å². The van der Waals surface area contributed by atoms with Crippen molar-refractivity contribution < 1.29 is 14.0 Å². The largest absolute Gasteiger partial charge is 0.384 e. The van der Waals surface area contributed by atoms with Gasteiger partial charge < -0.3 is 15.9 Å². The molecule has 0 bridgehead atoms. The van der Waals surface area contributed by atoms with Gasteiger partial charge in [0.05, 0.1) is 0 Å². The van der Waals surface area contributed by atoms with Crippen molar-refractivity contribution in [2.75, 3.05) is 13.2 Å². The summed E-state index contributed by atoms with van der Waals surface area (Å²) in [4.78, 5) is 16.5. The lowest BCUT2D eigenvalue weighted by atomic mass is 10.1. The Bertz CT molecular complexity index is 672. The molecule has 0 heterocycles. The van der Waals surface area contributed by atoms with Crippen molar-refractivity contribution in [3.05, 3.63) is 71.5 Å². The molecule has 0 saturated carbocycles. The van der Waals surface area contributed by atoms with E-state index in [0.29, 0.717) is 12.1 Å². The molecule has 0 aliphatic rings. The standard InChI is InChI=1S/C18H20FN3O2/c19-16-10-8-15(9-11-16)18(20)22-24-13-17(23)21-12-4-7-14-5-2-1-3-6-14/h1-3,5-6,8-11H,4,7,12-13H2,(H2,20,22)(H,21,23). The number of nitrogens with two attached hydrogens (primary N) is 1. The molecular formula is C18H20FN3O2. The van der Waals surface area contributed by atoms with Gasteiger partial charge in [0, 0.05) is 12.1 Å². The molecule has 0 unspecified atom stereocenters. The summed E-state index contributed by atoms with van der Waals surface area (Å²) in [7, 11) is 0. The monoisotopic (exact) mass is 329 g/mol. The molecule has 2 rings (SSSR count). The Morgan fingerprint density at radius 1 is 1.12 bits per heavy atom. The Balaban J connectivity index is 1.64. The number of amides is 1. The zero-order chi connectivity index (χ0) is 17.2. The highest BCUT2D eigenvalue weighted by molar-refractivity contribution is 5.97. The third-order valence-electron chi connectivity index (χ3n) is 3.31. The molecule has 2 aromatic carbocycles. The van der Waals surface area contributed by atoms with Crippen LogP contribution in [0.4, 0.5) is 4.39 Å². The van der Waals surface area contributed by atoms with Gasteiger partial charge in [0.2, 0.25) is 0 Å². The van der Waals surface area contributed by atoms with E-state index in [0.717, 1.165) is 12.8 Å². The van der Waals surface area contributed by atoms with Crippen molar-refractivity contribution in [2.45, 2.75) is 12.8 Å². The van der Waals surface area contributed by atoms with Gasteiger partial charge >= 0.3 is 0 Å². The SMILES string of the molecule is N/C(=N\OCC(=O)NCCCc1ccccc1)c1ccc(F)cc1. The molecule has 0 fully saturated rings. The van der Waals surface area contributed by atoms with Crippen LogP contribution in [0.3, 0.4) is 0 Å². The first kappa shape index (κ1) is 17.5. The van der Waals surface area contributed by atoms with E-state index < -0.39 is 0 Å². The van der Waals surface area contributed by atoms with Crippen LogP contribution in [0.15, 0.2) is 59.8 Å². The summed E-state index contributed by atoms with van der Waals surface area (Å²) in [6.07, 6.45) is 1.74. The zero-order valence-electron chi connectivity index (χ0n) is 13.2. The molecular weight excluding hydrogens is 309 g/mol. The van der Waals surface area contributed by atoms with Gasteiger partial charge in [0.15, 0.2) is 12.4 Å². The van der Waals surface area contributed by atoms with Crippen LogP contribution in [0.1, 0.15) is 17.5 Å². The molecule has 0 atom stereocenters. The number of rotatable bonds is 8. The molecule has 0 spiro atoms. The van der Waals surface area contributed by atoms with E-state index in [1.165, 1.54) is 29.8 Å². The quantitative estimate of drug-likeness (QED) is 0.337. The van der Waals surface area contributed by atoms with Crippen LogP contribution in [0.25, 0.3) is 0 Å². The maximum Gasteiger partial charge on any atom is 0.260 e. The van der Waals surface area contributed by atoms with E-state index in [1.807, 2.05) is 18.2 Å². The topological polar surface area (TPSA) is 76.7 Å². The first-order chi connectivity index (χ1) is 11.6. The van der Waals surface area contributed by atoms with Gasteiger partial charge in [0.1, 0.15) is 5.82 Å². The number of hydrogen-bond acceptors (Lipinski definition) is 3. The number of carbonyl (C=O) groups is 1. The Kier molecular flexibility index (Phi) is 6.76. The van der Waals surface area contributed by atoms with Crippen LogP contribution in [0.5, 0.6) is 0 Å². The minimum absolute atomic E-state index is 0.0897. The third kappa shape index (κ3) is 6.08. The fourth-order valence-corrected chi connectivity index (χ4v) is 2.05. The van der Waals surface area contributed by atoms with Crippen molar-refractivity contribution in [1.82, 2.24) is 5.32 Å². The Morgan fingerprint density at radius 3 is 2.54 bits per heavy atom. The highest BCUT2D eigenvalue weighted by Gasteiger charge is 2.03. The lowest BCUT2D eigenvalue weighted by molar-refractivity contribution is -0.125. The van der Waals surface area contributed by atoms with Crippen LogP contribution in [0.2, 0.25) is 0 Å². The summed E-state index contributed by atoms with van der Waals surface area (Å²) < 4.78 is 12.8. The number of nitrogens with one attached hydrogen (secondary N) is 1. The summed E-state index contributed by atoms with van der Waals surface area (Å²) in [6.45, 7) is 0.349. The van der Waals surface area contributed by atoms with Crippen molar-refractivity contribution >= 4 is 11.7 Å². The zero-order valence-corrected chi connectivity index (χ0v) is 13.2. The summed E-state index contributed by atoms with van der Waals surface area (Å²) in [6, 6.07) is 15.6.